The zero-order valence-electron chi connectivity index (χ0n) is 18.2. The summed E-state index contributed by atoms with van der Waals surface area (Å²) >= 11 is 0. The molecule has 0 radical (unpaired) electrons. The summed E-state index contributed by atoms with van der Waals surface area (Å²) in [6.07, 6.45) is 0.799. The van der Waals surface area contributed by atoms with Crippen molar-refractivity contribution < 1.29 is 19.5 Å². The summed E-state index contributed by atoms with van der Waals surface area (Å²) in [5.41, 5.74) is 6.36. The molecule has 0 aliphatic rings. The minimum absolute atomic E-state index is 0.0404. The lowest BCUT2D eigenvalue weighted by molar-refractivity contribution is -0.129. The van der Waals surface area contributed by atoms with Gasteiger partial charge in [-0.3, -0.25) is 9.59 Å². The largest absolute Gasteiger partial charge is 0.392 e. The van der Waals surface area contributed by atoms with E-state index in [4.69, 9.17) is 10.8 Å². The predicted molar refractivity (Wildman–Crippen MR) is 117 cm³/mol. The van der Waals surface area contributed by atoms with Crippen molar-refractivity contribution in [1.29, 1.82) is 0 Å². The smallest absolute Gasteiger partial charge is 0.312 e. The molecule has 0 aliphatic carbocycles. The van der Waals surface area contributed by atoms with Gasteiger partial charge in [-0.15, -0.1) is 0 Å². The van der Waals surface area contributed by atoms with Crippen molar-refractivity contribution >= 4 is 23.5 Å². The molecule has 1 aromatic carbocycles. The zero-order chi connectivity index (χ0) is 22.7. The van der Waals surface area contributed by atoms with Gasteiger partial charge in [0.25, 0.3) is 0 Å². The van der Waals surface area contributed by atoms with Crippen LogP contribution in [-0.2, 0) is 16.2 Å². The molecule has 1 aromatic rings. The molecular formula is C21H35N5O4. The first kappa shape index (κ1) is 25.4. The van der Waals surface area contributed by atoms with Crippen molar-refractivity contribution in [3.8, 4) is 0 Å². The number of carbonyl (C=O) groups is 3. The van der Waals surface area contributed by atoms with Crippen LogP contribution in [0.15, 0.2) is 24.3 Å². The lowest BCUT2D eigenvalue weighted by Gasteiger charge is -2.27. The van der Waals surface area contributed by atoms with Crippen molar-refractivity contribution in [2.75, 3.05) is 11.9 Å². The Kier molecular flexibility index (Phi) is 10.8. The second-order valence-corrected chi connectivity index (χ2v) is 7.88. The number of carbonyl (C=O) groups excluding carboxylic acids is 3. The van der Waals surface area contributed by atoms with Gasteiger partial charge >= 0.3 is 6.03 Å². The Hall–Kier alpha value is -2.65. The van der Waals surface area contributed by atoms with Crippen LogP contribution in [0.1, 0.15) is 46.1 Å². The Labute approximate surface area is 178 Å². The van der Waals surface area contributed by atoms with Crippen molar-refractivity contribution in [2.24, 2.45) is 11.7 Å². The lowest BCUT2D eigenvalue weighted by Crippen LogP contribution is -2.54. The predicted octanol–water partition coefficient (Wildman–Crippen LogP) is 1.07. The highest BCUT2D eigenvalue weighted by Gasteiger charge is 2.27. The van der Waals surface area contributed by atoms with Crippen LogP contribution >= 0.6 is 0 Å². The zero-order valence-corrected chi connectivity index (χ0v) is 18.2. The number of hydrogen-bond acceptors (Lipinski definition) is 5. The van der Waals surface area contributed by atoms with E-state index in [1.54, 1.807) is 24.3 Å². The van der Waals surface area contributed by atoms with E-state index < -0.39 is 18.1 Å². The average molecular weight is 422 g/mol. The molecular weight excluding hydrogens is 386 g/mol. The van der Waals surface area contributed by atoms with Crippen LogP contribution in [0, 0.1) is 5.92 Å². The topological polar surface area (TPSA) is 146 Å². The fourth-order valence-electron chi connectivity index (χ4n) is 2.90. The van der Waals surface area contributed by atoms with E-state index in [1.807, 2.05) is 27.7 Å². The van der Waals surface area contributed by atoms with E-state index in [-0.39, 0.29) is 30.4 Å². The molecule has 7 N–H and O–H groups in total. The molecule has 0 unspecified atom stereocenters. The highest BCUT2D eigenvalue weighted by molar-refractivity contribution is 5.97. The normalized spacial score (nSPS) is 13.0. The maximum Gasteiger partial charge on any atom is 0.312 e. The number of primary amides is 1. The summed E-state index contributed by atoms with van der Waals surface area (Å²) in [5.74, 6) is -0.567. The number of aliphatic hydroxyl groups excluding tert-OH is 1. The highest BCUT2D eigenvalue weighted by atomic mass is 16.3. The third kappa shape index (κ3) is 9.23. The number of urea groups is 1. The molecule has 0 fully saturated rings. The number of amides is 4. The van der Waals surface area contributed by atoms with Gasteiger partial charge in [0.15, 0.2) is 0 Å². The van der Waals surface area contributed by atoms with E-state index >= 15 is 0 Å². The lowest BCUT2D eigenvalue weighted by atomic mass is 10.0. The van der Waals surface area contributed by atoms with Crippen LogP contribution in [0.2, 0.25) is 0 Å². The second kappa shape index (κ2) is 12.8. The molecule has 0 spiro atoms. The summed E-state index contributed by atoms with van der Waals surface area (Å²) in [4.78, 5) is 36.5. The molecule has 0 heterocycles. The van der Waals surface area contributed by atoms with Crippen molar-refractivity contribution in [1.82, 2.24) is 16.0 Å². The number of rotatable bonds is 12. The van der Waals surface area contributed by atoms with Crippen molar-refractivity contribution in [2.45, 2.75) is 65.3 Å². The van der Waals surface area contributed by atoms with Crippen LogP contribution < -0.4 is 27.0 Å². The Morgan fingerprint density at radius 3 is 2.17 bits per heavy atom. The fraction of sp³-hybridized carbons (Fsp3) is 0.571. The molecule has 1 rings (SSSR count). The van der Waals surface area contributed by atoms with Gasteiger partial charge in [0.1, 0.15) is 6.04 Å². The van der Waals surface area contributed by atoms with Gasteiger partial charge in [-0.2, -0.15) is 0 Å². The van der Waals surface area contributed by atoms with E-state index in [0.29, 0.717) is 25.1 Å². The van der Waals surface area contributed by atoms with Crippen LogP contribution in [-0.4, -0.2) is 47.6 Å². The van der Waals surface area contributed by atoms with E-state index in [1.165, 1.54) is 0 Å². The Morgan fingerprint density at radius 1 is 1.03 bits per heavy atom. The molecule has 0 aliphatic heterocycles. The highest BCUT2D eigenvalue weighted by Crippen LogP contribution is 2.12. The minimum Gasteiger partial charge on any atom is -0.392 e. The van der Waals surface area contributed by atoms with Gasteiger partial charge in [0.2, 0.25) is 11.8 Å². The first-order chi connectivity index (χ1) is 14.1. The Balaban J connectivity index is 2.86. The average Bonchev–Trinajstić information content (AvgIpc) is 2.68. The maximum atomic E-state index is 12.8. The monoisotopic (exact) mass is 421 g/mol. The van der Waals surface area contributed by atoms with Crippen LogP contribution in [0.5, 0.6) is 0 Å². The summed E-state index contributed by atoms with van der Waals surface area (Å²) in [6.45, 7) is 8.01. The van der Waals surface area contributed by atoms with Gasteiger partial charge < -0.3 is 32.1 Å². The van der Waals surface area contributed by atoms with Gasteiger partial charge in [-0.05, 0) is 36.5 Å². The summed E-state index contributed by atoms with van der Waals surface area (Å²) in [7, 11) is 0. The molecule has 4 amide bonds. The SMILES string of the molecule is CC(C)N[C@H](C(=O)N[C@@H](CCCNC(N)=O)C(=O)Nc1ccc(CO)cc1)C(C)C. The molecule has 9 heteroatoms. The van der Waals surface area contributed by atoms with E-state index in [2.05, 4.69) is 21.3 Å². The number of aliphatic hydroxyl groups is 1. The Bertz CT molecular complexity index is 691. The molecule has 168 valence electrons. The first-order valence-corrected chi connectivity index (χ1v) is 10.2. The number of anilines is 1. The third-order valence-corrected chi connectivity index (χ3v) is 4.47. The summed E-state index contributed by atoms with van der Waals surface area (Å²) in [6, 6.07) is 5.06. The van der Waals surface area contributed by atoms with Crippen molar-refractivity contribution in [3.63, 3.8) is 0 Å². The van der Waals surface area contributed by atoms with Crippen LogP contribution in [0.3, 0.4) is 0 Å². The first-order valence-electron chi connectivity index (χ1n) is 10.2. The minimum atomic E-state index is -0.778. The third-order valence-electron chi connectivity index (χ3n) is 4.47. The summed E-state index contributed by atoms with van der Waals surface area (Å²) in [5, 5.41) is 20.5. The van der Waals surface area contributed by atoms with Gasteiger partial charge in [-0.25, -0.2) is 4.79 Å². The molecule has 0 bridgehead atoms. The quantitative estimate of drug-likeness (QED) is 0.280. The molecule has 0 aromatic heterocycles. The van der Waals surface area contributed by atoms with Gasteiger partial charge in [0, 0.05) is 18.3 Å². The second-order valence-electron chi connectivity index (χ2n) is 7.88. The molecule has 0 saturated carbocycles. The standard InChI is InChI=1S/C21H35N5O4/c1-13(2)18(24-14(3)4)20(29)26-17(6-5-11-23-21(22)30)19(28)25-16-9-7-15(12-27)8-10-16/h7-10,13-14,17-18,24,27H,5-6,11-12H2,1-4H3,(H,25,28)(H,26,29)(H3,22,23,30)/t17-,18-/m0/s1. The molecule has 2 atom stereocenters. The maximum absolute atomic E-state index is 12.8. The fourth-order valence-corrected chi connectivity index (χ4v) is 2.90. The van der Waals surface area contributed by atoms with Crippen molar-refractivity contribution in [3.05, 3.63) is 29.8 Å². The van der Waals surface area contributed by atoms with Gasteiger partial charge in [0.05, 0.1) is 12.6 Å². The molecule has 9 nitrogen and oxygen atoms in total. The number of hydrogen-bond donors (Lipinski definition) is 6. The Morgan fingerprint density at radius 2 is 1.67 bits per heavy atom. The van der Waals surface area contributed by atoms with Crippen LogP contribution in [0.4, 0.5) is 10.5 Å². The number of nitrogens with one attached hydrogen (secondary N) is 4. The van der Waals surface area contributed by atoms with E-state index in [9.17, 15) is 14.4 Å². The summed E-state index contributed by atoms with van der Waals surface area (Å²) < 4.78 is 0. The van der Waals surface area contributed by atoms with E-state index in [0.717, 1.165) is 5.56 Å². The van der Waals surface area contributed by atoms with Crippen LogP contribution in [0.25, 0.3) is 0 Å². The number of nitrogens with two attached hydrogens (primary N) is 1. The molecule has 30 heavy (non-hydrogen) atoms. The van der Waals surface area contributed by atoms with Gasteiger partial charge in [-0.1, -0.05) is 39.8 Å². The molecule has 0 saturated heterocycles. The number of benzene rings is 1.